The molecule has 0 bridgehead atoms. The van der Waals surface area contributed by atoms with E-state index in [0.717, 1.165) is 17.7 Å². The van der Waals surface area contributed by atoms with Crippen molar-refractivity contribution < 1.29 is 18.0 Å². The molecule has 2 heterocycles. The van der Waals surface area contributed by atoms with Crippen LogP contribution in [0.5, 0.6) is 0 Å². The van der Waals surface area contributed by atoms with Crippen molar-refractivity contribution in [3.8, 4) is 0 Å². The van der Waals surface area contributed by atoms with Gasteiger partial charge in [-0.1, -0.05) is 11.6 Å². The zero-order valence-electron chi connectivity index (χ0n) is 9.37. The third-order valence-electron chi connectivity index (χ3n) is 2.38. The highest BCUT2D eigenvalue weighted by Gasteiger charge is 2.33. The second-order valence-corrected chi connectivity index (χ2v) is 4.90. The first kappa shape index (κ1) is 14.0. The molecule has 0 saturated heterocycles. The van der Waals surface area contributed by atoms with Gasteiger partial charge in [0, 0.05) is 6.42 Å². The standard InChI is InChI=1S/C12H7ClF3NOS/c13-11-8(1-2-10(17-11)12(14,15)16)9(18)5-7-3-4-19-6-7/h1-4,6H,5H2. The molecule has 2 rings (SSSR count). The number of thiophene rings is 1. The number of carbonyl (C=O) groups excluding carboxylic acids is 1. The van der Waals surface area contributed by atoms with E-state index in [1.165, 1.54) is 11.3 Å². The van der Waals surface area contributed by atoms with Gasteiger partial charge in [0.2, 0.25) is 0 Å². The second kappa shape index (κ2) is 5.30. The monoisotopic (exact) mass is 305 g/mol. The summed E-state index contributed by atoms with van der Waals surface area (Å²) >= 11 is 7.08. The number of nitrogens with zero attached hydrogens (tertiary/aromatic N) is 1. The van der Waals surface area contributed by atoms with Crippen LogP contribution in [0.2, 0.25) is 5.15 Å². The molecule has 0 fully saturated rings. The van der Waals surface area contributed by atoms with Crippen molar-refractivity contribution in [2.45, 2.75) is 12.6 Å². The Balaban J connectivity index is 2.24. The van der Waals surface area contributed by atoms with Crippen LogP contribution in [-0.2, 0) is 12.6 Å². The van der Waals surface area contributed by atoms with Crippen LogP contribution in [0, 0.1) is 0 Å². The quantitative estimate of drug-likeness (QED) is 0.627. The molecule has 0 atom stereocenters. The molecular weight excluding hydrogens is 299 g/mol. The van der Waals surface area contributed by atoms with Gasteiger partial charge in [-0.2, -0.15) is 24.5 Å². The van der Waals surface area contributed by atoms with Gasteiger partial charge < -0.3 is 0 Å². The molecular formula is C12H7ClF3NOS. The topological polar surface area (TPSA) is 30.0 Å². The van der Waals surface area contributed by atoms with E-state index in [-0.39, 0.29) is 17.8 Å². The predicted octanol–water partition coefficient (Wildman–Crippen LogP) is 4.24. The van der Waals surface area contributed by atoms with Crippen LogP contribution in [0.4, 0.5) is 13.2 Å². The van der Waals surface area contributed by atoms with Crippen LogP contribution in [0.15, 0.2) is 29.0 Å². The molecule has 2 aromatic rings. The number of halogens is 4. The van der Waals surface area contributed by atoms with E-state index in [9.17, 15) is 18.0 Å². The molecule has 2 nitrogen and oxygen atoms in total. The van der Waals surface area contributed by atoms with E-state index in [1.807, 2.05) is 5.38 Å². The van der Waals surface area contributed by atoms with E-state index >= 15 is 0 Å². The van der Waals surface area contributed by atoms with E-state index in [1.54, 1.807) is 11.4 Å². The summed E-state index contributed by atoms with van der Waals surface area (Å²) in [7, 11) is 0. The van der Waals surface area contributed by atoms with Gasteiger partial charge in [-0.05, 0) is 34.5 Å². The fourth-order valence-electron chi connectivity index (χ4n) is 1.47. The van der Waals surface area contributed by atoms with Gasteiger partial charge in [0.15, 0.2) is 5.78 Å². The number of Topliss-reactive ketones (excluding diaryl/α,β-unsaturated/α-hetero) is 1. The molecule has 0 aromatic carbocycles. The van der Waals surface area contributed by atoms with Crippen molar-refractivity contribution in [3.63, 3.8) is 0 Å². The minimum atomic E-state index is -4.57. The van der Waals surface area contributed by atoms with Crippen LogP contribution in [0.25, 0.3) is 0 Å². The van der Waals surface area contributed by atoms with E-state index in [4.69, 9.17) is 11.6 Å². The molecule has 0 N–H and O–H groups in total. The highest BCUT2D eigenvalue weighted by atomic mass is 35.5. The van der Waals surface area contributed by atoms with Gasteiger partial charge in [-0.3, -0.25) is 4.79 Å². The fourth-order valence-corrected chi connectivity index (χ4v) is 2.40. The van der Waals surface area contributed by atoms with Gasteiger partial charge in [-0.25, -0.2) is 4.98 Å². The van der Waals surface area contributed by atoms with Crippen LogP contribution < -0.4 is 0 Å². The first-order valence-corrected chi connectivity index (χ1v) is 6.48. The van der Waals surface area contributed by atoms with E-state index < -0.39 is 17.0 Å². The van der Waals surface area contributed by atoms with Crippen LogP contribution in [0.3, 0.4) is 0 Å². The lowest BCUT2D eigenvalue weighted by atomic mass is 10.1. The Morgan fingerprint density at radius 3 is 2.58 bits per heavy atom. The summed E-state index contributed by atoms with van der Waals surface area (Å²) < 4.78 is 37.2. The normalized spacial score (nSPS) is 11.6. The lowest BCUT2D eigenvalue weighted by Crippen LogP contribution is -2.11. The van der Waals surface area contributed by atoms with E-state index in [0.29, 0.717) is 0 Å². The lowest BCUT2D eigenvalue weighted by molar-refractivity contribution is -0.141. The maximum atomic E-state index is 12.4. The number of hydrogen-bond acceptors (Lipinski definition) is 3. The molecule has 0 aliphatic carbocycles. The van der Waals surface area contributed by atoms with Gasteiger partial charge in [0.1, 0.15) is 10.8 Å². The molecule has 100 valence electrons. The summed E-state index contributed by atoms with van der Waals surface area (Å²) in [5, 5.41) is 3.19. The van der Waals surface area contributed by atoms with Crippen molar-refractivity contribution in [2.75, 3.05) is 0 Å². The number of alkyl halides is 3. The smallest absolute Gasteiger partial charge is 0.294 e. The average molecular weight is 306 g/mol. The van der Waals surface area contributed by atoms with Crippen LogP contribution in [0.1, 0.15) is 21.6 Å². The highest BCUT2D eigenvalue weighted by Crippen LogP contribution is 2.29. The number of aromatic nitrogens is 1. The van der Waals surface area contributed by atoms with Gasteiger partial charge in [0.05, 0.1) is 5.56 Å². The maximum absolute atomic E-state index is 12.4. The Kier molecular flexibility index (Phi) is 3.91. The first-order chi connectivity index (χ1) is 8.88. The van der Waals surface area contributed by atoms with Crippen LogP contribution in [-0.4, -0.2) is 10.8 Å². The van der Waals surface area contributed by atoms with Crippen molar-refractivity contribution in [1.29, 1.82) is 0 Å². The minimum absolute atomic E-state index is 0.000802. The zero-order valence-corrected chi connectivity index (χ0v) is 10.9. The van der Waals surface area contributed by atoms with Gasteiger partial charge >= 0.3 is 6.18 Å². The Morgan fingerprint density at radius 1 is 1.32 bits per heavy atom. The molecule has 0 radical (unpaired) electrons. The summed E-state index contributed by atoms with van der Waals surface area (Å²) in [4.78, 5) is 15.1. The second-order valence-electron chi connectivity index (χ2n) is 3.76. The molecule has 19 heavy (non-hydrogen) atoms. The first-order valence-electron chi connectivity index (χ1n) is 5.16. The number of rotatable bonds is 3. The molecule has 0 aliphatic heterocycles. The molecule has 0 spiro atoms. The summed E-state index contributed by atoms with van der Waals surface area (Å²) in [5.41, 5.74) is -0.309. The molecule has 0 unspecified atom stereocenters. The highest BCUT2D eigenvalue weighted by molar-refractivity contribution is 7.08. The summed E-state index contributed by atoms with van der Waals surface area (Å²) in [6.45, 7) is 0. The zero-order chi connectivity index (χ0) is 14.0. The molecule has 0 aliphatic rings. The molecule has 2 aromatic heterocycles. The minimum Gasteiger partial charge on any atom is -0.294 e. The third kappa shape index (κ3) is 3.33. The Bertz CT molecular complexity index is 596. The largest absolute Gasteiger partial charge is 0.433 e. The molecule has 7 heteroatoms. The SMILES string of the molecule is O=C(Cc1ccsc1)c1ccc(C(F)(F)F)nc1Cl. The van der Waals surface area contributed by atoms with Crippen molar-refractivity contribution >= 4 is 28.7 Å². The van der Waals surface area contributed by atoms with Gasteiger partial charge in [-0.15, -0.1) is 0 Å². The summed E-state index contributed by atoms with van der Waals surface area (Å²) in [5.74, 6) is -0.357. The van der Waals surface area contributed by atoms with Crippen LogP contribution >= 0.6 is 22.9 Å². The van der Waals surface area contributed by atoms with Gasteiger partial charge in [0.25, 0.3) is 0 Å². The van der Waals surface area contributed by atoms with Crippen molar-refractivity contribution in [1.82, 2.24) is 4.98 Å². The lowest BCUT2D eigenvalue weighted by Gasteiger charge is -2.08. The fraction of sp³-hybridized carbons (Fsp3) is 0.167. The Labute approximate surface area is 115 Å². The number of ketones is 1. The van der Waals surface area contributed by atoms with Crippen molar-refractivity contribution in [3.05, 3.63) is 50.9 Å². The molecule has 0 saturated carbocycles. The predicted molar refractivity (Wildman–Crippen MR) is 66.6 cm³/mol. The average Bonchev–Trinajstić information content (AvgIpc) is 2.80. The summed E-state index contributed by atoms with van der Waals surface area (Å²) in [6.07, 6.45) is -4.48. The Hall–Kier alpha value is -1.40. The molecule has 0 amide bonds. The number of hydrogen-bond donors (Lipinski definition) is 0. The summed E-state index contributed by atoms with van der Waals surface area (Å²) in [6, 6.07) is 3.59. The number of carbonyl (C=O) groups is 1. The maximum Gasteiger partial charge on any atom is 0.433 e. The third-order valence-corrected chi connectivity index (χ3v) is 3.40. The number of pyridine rings is 1. The van der Waals surface area contributed by atoms with E-state index in [2.05, 4.69) is 4.98 Å². The van der Waals surface area contributed by atoms with Crippen molar-refractivity contribution in [2.24, 2.45) is 0 Å². The Morgan fingerprint density at radius 2 is 2.05 bits per heavy atom.